The van der Waals surface area contributed by atoms with Crippen LogP contribution in [-0.4, -0.2) is 24.9 Å². The van der Waals surface area contributed by atoms with Crippen LogP contribution < -0.4 is 0 Å². The van der Waals surface area contributed by atoms with Crippen molar-refractivity contribution < 1.29 is 4.84 Å². The number of hydrogen-bond donors (Lipinski definition) is 0. The Bertz CT molecular complexity index is 1330. The first-order valence-electron chi connectivity index (χ1n) is 10.9. The van der Waals surface area contributed by atoms with Crippen LogP contribution in [0.15, 0.2) is 66.1 Å². The summed E-state index contributed by atoms with van der Waals surface area (Å²) in [6.07, 6.45) is 5.87. The van der Waals surface area contributed by atoms with Gasteiger partial charge in [-0.25, -0.2) is 4.98 Å². The molecule has 0 aliphatic heterocycles. The maximum atomic E-state index is 5.89. The van der Waals surface area contributed by atoms with E-state index >= 15 is 0 Å². The molecule has 0 bridgehead atoms. The van der Waals surface area contributed by atoms with Crippen LogP contribution in [0.2, 0.25) is 0 Å². The third-order valence-electron chi connectivity index (χ3n) is 6.46. The normalized spacial score (nSPS) is 17.0. The Morgan fingerprint density at radius 2 is 1.94 bits per heavy atom. The van der Waals surface area contributed by atoms with Crippen LogP contribution >= 0.6 is 12.2 Å². The van der Waals surface area contributed by atoms with E-state index in [4.69, 9.17) is 22.2 Å². The van der Waals surface area contributed by atoms with E-state index in [2.05, 4.69) is 52.4 Å². The quantitative estimate of drug-likeness (QED) is 0.316. The maximum absolute atomic E-state index is 5.89. The molecular weight excluding hydrogens is 416 g/mol. The van der Waals surface area contributed by atoms with Gasteiger partial charge in [0.15, 0.2) is 0 Å². The first-order valence-corrected chi connectivity index (χ1v) is 11.3. The van der Waals surface area contributed by atoms with E-state index in [0.717, 1.165) is 36.5 Å². The smallest absolute Gasteiger partial charge is 0.228 e. The van der Waals surface area contributed by atoms with Crippen molar-refractivity contribution in [2.45, 2.75) is 33.2 Å². The summed E-state index contributed by atoms with van der Waals surface area (Å²) in [5.74, 6) is 1.21. The number of hydrogen-bond acceptors (Lipinski definition) is 4. The van der Waals surface area contributed by atoms with Gasteiger partial charge in [0.1, 0.15) is 5.82 Å². The molecule has 2 heterocycles. The van der Waals surface area contributed by atoms with Crippen LogP contribution in [0.5, 0.6) is 0 Å². The van der Waals surface area contributed by atoms with Gasteiger partial charge in [0.2, 0.25) is 5.05 Å². The van der Waals surface area contributed by atoms with E-state index in [1.165, 1.54) is 27.7 Å². The summed E-state index contributed by atoms with van der Waals surface area (Å²) in [6.45, 7) is 4.90. The van der Waals surface area contributed by atoms with E-state index in [-0.39, 0.29) is 5.92 Å². The fourth-order valence-corrected chi connectivity index (χ4v) is 4.81. The highest BCUT2D eigenvalue weighted by atomic mass is 32.1. The molecule has 0 radical (unpaired) electrons. The largest absolute Gasteiger partial charge is 0.347 e. The predicted molar refractivity (Wildman–Crippen MR) is 132 cm³/mol. The number of benzene rings is 2. The minimum absolute atomic E-state index is 0.210. The van der Waals surface area contributed by atoms with Gasteiger partial charge in [0, 0.05) is 59.6 Å². The second kappa shape index (κ2) is 8.36. The lowest BCUT2D eigenvalue weighted by Crippen LogP contribution is -2.28. The molecule has 0 N–H and O–H groups in total. The SMILES string of the molecule is Cc1ccc(C(=S)ON=C2c3c(n(C)c4ccccc34)CCC2Cn2ccnc2C)cc1. The van der Waals surface area contributed by atoms with E-state index in [9.17, 15) is 0 Å². The van der Waals surface area contributed by atoms with Gasteiger partial charge in [-0.2, -0.15) is 0 Å². The zero-order valence-corrected chi connectivity index (χ0v) is 19.4. The van der Waals surface area contributed by atoms with Crippen molar-refractivity contribution in [3.8, 4) is 0 Å². The molecule has 0 saturated carbocycles. The Labute approximate surface area is 193 Å². The van der Waals surface area contributed by atoms with E-state index in [1.807, 2.05) is 43.6 Å². The van der Waals surface area contributed by atoms with Crippen molar-refractivity contribution in [1.29, 1.82) is 0 Å². The minimum atomic E-state index is 0.210. The molecule has 4 aromatic rings. The lowest BCUT2D eigenvalue weighted by molar-refractivity contribution is 0.330. The minimum Gasteiger partial charge on any atom is -0.347 e. The first kappa shape index (κ1) is 20.6. The molecule has 1 aliphatic carbocycles. The number of thiocarbonyl (C=S) groups is 1. The molecule has 2 aromatic carbocycles. The van der Waals surface area contributed by atoms with E-state index in [1.54, 1.807) is 0 Å². The number of imidazole rings is 1. The predicted octanol–water partition coefficient (Wildman–Crippen LogP) is 5.35. The van der Waals surface area contributed by atoms with Crippen LogP contribution in [0, 0.1) is 19.8 Å². The van der Waals surface area contributed by atoms with Gasteiger partial charge in [-0.15, -0.1) is 0 Å². The molecule has 6 heteroatoms. The molecule has 162 valence electrons. The monoisotopic (exact) mass is 442 g/mol. The lowest BCUT2D eigenvalue weighted by Gasteiger charge is -2.26. The Hall–Kier alpha value is -3.25. The molecule has 1 atom stereocenters. The molecule has 2 aromatic heterocycles. The Morgan fingerprint density at radius 1 is 1.16 bits per heavy atom. The highest BCUT2D eigenvalue weighted by molar-refractivity contribution is 7.80. The van der Waals surface area contributed by atoms with Crippen molar-refractivity contribution in [2.75, 3.05) is 0 Å². The lowest BCUT2D eigenvalue weighted by atomic mass is 9.84. The molecule has 0 amide bonds. The highest BCUT2D eigenvalue weighted by Gasteiger charge is 2.31. The van der Waals surface area contributed by atoms with Crippen molar-refractivity contribution in [3.05, 3.63) is 89.1 Å². The van der Waals surface area contributed by atoms with Crippen LogP contribution in [0.25, 0.3) is 10.9 Å². The maximum Gasteiger partial charge on any atom is 0.228 e. The van der Waals surface area contributed by atoms with Gasteiger partial charge in [0.05, 0.1) is 5.71 Å². The zero-order valence-electron chi connectivity index (χ0n) is 18.6. The standard InChI is InChI=1S/C26H26N4OS/c1-17-8-10-19(11-9-17)26(32)31-28-25-20(16-30-15-14-27-18(30)2)12-13-23-24(25)21-6-4-5-7-22(21)29(23)3/h4-11,14-15,20H,12-13,16H2,1-3H3. The summed E-state index contributed by atoms with van der Waals surface area (Å²) >= 11 is 5.56. The molecule has 1 aliphatic rings. The fourth-order valence-electron chi connectivity index (χ4n) is 4.64. The molecule has 0 fully saturated rings. The van der Waals surface area contributed by atoms with E-state index < -0.39 is 0 Å². The number of para-hydroxylation sites is 1. The number of fused-ring (bicyclic) bond motifs is 3. The molecule has 5 rings (SSSR count). The van der Waals surface area contributed by atoms with Crippen molar-refractivity contribution >= 4 is 33.9 Å². The van der Waals surface area contributed by atoms with Crippen molar-refractivity contribution in [2.24, 2.45) is 18.1 Å². The average molecular weight is 443 g/mol. The van der Waals surface area contributed by atoms with Crippen molar-refractivity contribution in [1.82, 2.24) is 14.1 Å². The zero-order chi connectivity index (χ0) is 22.2. The molecule has 1 unspecified atom stereocenters. The van der Waals surface area contributed by atoms with Crippen LogP contribution in [0.4, 0.5) is 0 Å². The summed E-state index contributed by atoms with van der Waals surface area (Å²) in [7, 11) is 2.14. The fraction of sp³-hybridized carbons (Fsp3) is 0.269. The number of rotatable bonds is 4. The summed E-state index contributed by atoms with van der Waals surface area (Å²) in [5, 5.41) is 6.31. The van der Waals surface area contributed by atoms with Crippen molar-refractivity contribution in [3.63, 3.8) is 0 Å². The molecular formula is C26H26N4OS. The molecule has 32 heavy (non-hydrogen) atoms. The topological polar surface area (TPSA) is 44.3 Å². The highest BCUT2D eigenvalue weighted by Crippen LogP contribution is 2.35. The summed E-state index contributed by atoms with van der Waals surface area (Å²) in [4.78, 5) is 10.3. The van der Waals surface area contributed by atoms with Gasteiger partial charge in [-0.1, -0.05) is 41.1 Å². The van der Waals surface area contributed by atoms with E-state index in [0.29, 0.717) is 5.05 Å². The van der Waals surface area contributed by atoms with Gasteiger partial charge in [-0.3, -0.25) is 0 Å². The first-order chi connectivity index (χ1) is 15.5. The number of nitrogens with zero attached hydrogens (tertiary/aromatic N) is 4. The Morgan fingerprint density at radius 3 is 2.69 bits per heavy atom. The summed E-state index contributed by atoms with van der Waals surface area (Å²) < 4.78 is 4.48. The Balaban J connectivity index is 1.57. The third-order valence-corrected chi connectivity index (χ3v) is 6.77. The number of oxime groups is 1. The van der Waals surface area contributed by atoms with Gasteiger partial charge < -0.3 is 14.0 Å². The van der Waals surface area contributed by atoms with Gasteiger partial charge in [0.25, 0.3) is 0 Å². The third kappa shape index (κ3) is 3.65. The summed E-state index contributed by atoms with van der Waals surface area (Å²) in [5.41, 5.74) is 6.71. The van der Waals surface area contributed by atoms with Gasteiger partial charge >= 0.3 is 0 Å². The molecule has 5 nitrogen and oxygen atoms in total. The summed E-state index contributed by atoms with van der Waals surface area (Å²) in [6, 6.07) is 16.5. The number of aryl methyl sites for hydroxylation is 3. The Kier molecular flexibility index (Phi) is 5.39. The average Bonchev–Trinajstić information content (AvgIpc) is 3.34. The molecule has 0 saturated heterocycles. The van der Waals surface area contributed by atoms with Gasteiger partial charge in [-0.05, 0) is 57.1 Å². The second-order valence-corrected chi connectivity index (χ2v) is 8.85. The molecule has 0 spiro atoms. The van der Waals surface area contributed by atoms with Crippen LogP contribution in [0.3, 0.4) is 0 Å². The van der Waals surface area contributed by atoms with Crippen LogP contribution in [0.1, 0.15) is 34.6 Å². The second-order valence-electron chi connectivity index (χ2n) is 8.48. The van der Waals surface area contributed by atoms with Crippen LogP contribution in [-0.2, 0) is 24.9 Å². The number of aromatic nitrogens is 3.